The van der Waals surface area contributed by atoms with E-state index in [1.807, 2.05) is 76.2 Å². The number of hydrogen-bond donors (Lipinski definition) is 1. The SMILES string of the molecule is CC[C@@H](C)NC(=O)[C@H](CC)N(Cc1cccc(C)c1)C(=O)COc1ccc(C(C)(C)C)cc1. The summed E-state index contributed by atoms with van der Waals surface area (Å²) in [5.41, 5.74) is 3.37. The van der Waals surface area contributed by atoms with Crippen molar-refractivity contribution >= 4 is 11.8 Å². The molecule has 33 heavy (non-hydrogen) atoms. The summed E-state index contributed by atoms with van der Waals surface area (Å²) in [4.78, 5) is 28.0. The zero-order valence-corrected chi connectivity index (χ0v) is 21.3. The van der Waals surface area contributed by atoms with Crippen molar-refractivity contribution in [3.8, 4) is 5.75 Å². The Labute approximate surface area is 199 Å². The van der Waals surface area contributed by atoms with E-state index in [1.54, 1.807) is 4.90 Å². The second kappa shape index (κ2) is 11.9. The van der Waals surface area contributed by atoms with Gasteiger partial charge in [0.05, 0.1) is 0 Å². The van der Waals surface area contributed by atoms with E-state index in [0.717, 1.165) is 17.5 Å². The zero-order valence-electron chi connectivity index (χ0n) is 21.3. The highest BCUT2D eigenvalue weighted by Gasteiger charge is 2.29. The Balaban J connectivity index is 2.20. The third-order valence-corrected chi connectivity index (χ3v) is 5.91. The first-order chi connectivity index (χ1) is 15.5. The fourth-order valence-electron chi connectivity index (χ4n) is 3.65. The molecular formula is C28H40N2O3. The van der Waals surface area contributed by atoms with Crippen molar-refractivity contribution in [3.63, 3.8) is 0 Å². The molecule has 0 heterocycles. The highest BCUT2D eigenvalue weighted by Crippen LogP contribution is 2.24. The topological polar surface area (TPSA) is 58.6 Å². The Bertz CT molecular complexity index is 915. The lowest BCUT2D eigenvalue weighted by Crippen LogP contribution is -2.51. The normalized spacial score (nSPS) is 13.2. The number of rotatable bonds is 10. The molecule has 0 bridgehead atoms. The number of nitrogens with zero attached hydrogens (tertiary/aromatic N) is 1. The van der Waals surface area contributed by atoms with Gasteiger partial charge in [0.15, 0.2) is 6.61 Å². The highest BCUT2D eigenvalue weighted by molar-refractivity contribution is 5.88. The van der Waals surface area contributed by atoms with Crippen molar-refractivity contribution in [1.29, 1.82) is 0 Å². The number of hydrogen-bond acceptors (Lipinski definition) is 3. The third-order valence-electron chi connectivity index (χ3n) is 5.91. The minimum Gasteiger partial charge on any atom is -0.484 e. The van der Waals surface area contributed by atoms with Crippen molar-refractivity contribution in [1.82, 2.24) is 10.2 Å². The van der Waals surface area contributed by atoms with Crippen LogP contribution in [-0.4, -0.2) is 35.4 Å². The van der Waals surface area contributed by atoms with Crippen LogP contribution < -0.4 is 10.1 Å². The molecule has 0 aliphatic rings. The summed E-state index contributed by atoms with van der Waals surface area (Å²) < 4.78 is 5.83. The van der Waals surface area contributed by atoms with Gasteiger partial charge in [0.1, 0.15) is 11.8 Å². The van der Waals surface area contributed by atoms with E-state index in [1.165, 1.54) is 5.56 Å². The van der Waals surface area contributed by atoms with Gasteiger partial charge in [-0.15, -0.1) is 0 Å². The van der Waals surface area contributed by atoms with E-state index in [4.69, 9.17) is 4.74 Å². The highest BCUT2D eigenvalue weighted by atomic mass is 16.5. The maximum absolute atomic E-state index is 13.3. The van der Waals surface area contributed by atoms with Crippen LogP contribution in [0.15, 0.2) is 48.5 Å². The molecule has 2 atom stereocenters. The van der Waals surface area contributed by atoms with Gasteiger partial charge in [0.25, 0.3) is 5.91 Å². The van der Waals surface area contributed by atoms with Crippen LogP contribution in [-0.2, 0) is 21.5 Å². The maximum atomic E-state index is 13.3. The largest absolute Gasteiger partial charge is 0.484 e. The van der Waals surface area contributed by atoms with E-state index in [0.29, 0.717) is 18.7 Å². The molecule has 0 unspecified atom stereocenters. The smallest absolute Gasteiger partial charge is 0.261 e. The first-order valence-corrected chi connectivity index (χ1v) is 11.9. The molecule has 0 aromatic heterocycles. The van der Waals surface area contributed by atoms with Crippen molar-refractivity contribution in [2.24, 2.45) is 0 Å². The molecule has 5 nitrogen and oxygen atoms in total. The molecule has 5 heteroatoms. The Kier molecular flexibility index (Phi) is 9.51. The number of carbonyl (C=O) groups excluding carboxylic acids is 2. The molecule has 1 N–H and O–H groups in total. The van der Waals surface area contributed by atoms with Crippen LogP contribution in [0.2, 0.25) is 0 Å². The molecule has 0 fully saturated rings. The van der Waals surface area contributed by atoms with E-state index in [2.05, 4.69) is 26.1 Å². The lowest BCUT2D eigenvalue weighted by atomic mass is 9.87. The second-order valence-corrected chi connectivity index (χ2v) is 9.82. The standard InChI is InChI=1S/C28H40N2O3/c1-8-21(4)29-27(32)25(9-2)30(18-22-12-10-11-20(3)17-22)26(31)19-33-24-15-13-23(14-16-24)28(5,6)7/h10-17,21,25H,8-9,18-19H2,1-7H3,(H,29,32)/t21-,25+/m1/s1. The van der Waals surface area contributed by atoms with Crippen molar-refractivity contribution in [2.45, 2.75) is 85.4 Å². The summed E-state index contributed by atoms with van der Waals surface area (Å²) in [6.07, 6.45) is 1.36. The van der Waals surface area contributed by atoms with Gasteiger partial charge in [0.2, 0.25) is 5.91 Å². The van der Waals surface area contributed by atoms with Gasteiger partial charge in [-0.1, -0.05) is 76.6 Å². The molecule has 2 amide bonds. The van der Waals surface area contributed by atoms with Gasteiger partial charge in [-0.2, -0.15) is 0 Å². The molecule has 2 rings (SSSR count). The van der Waals surface area contributed by atoms with E-state index in [9.17, 15) is 9.59 Å². The molecule has 0 aliphatic carbocycles. The van der Waals surface area contributed by atoms with Crippen LogP contribution in [0.25, 0.3) is 0 Å². The summed E-state index contributed by atoms with van der Waals surface area (Å²) >= 11 is 0. The Morgan fingerprint density at radius 2 is 1.70 bits per heavy atom. The Morgan fingerprint density at radius 3 is 2.24 bits per heavy atom. The molecule has 0 radical (unpaired) electrons. The number of benzene rings is 2. The molecule has 180 valence electrons. The fourth-order valence-corrected chi connectivity index (χ4v) is 3.65. The first-order valence-electron chi connectivity index (χ1n) is 11.9. The molecule has 0 aliphatic heterocycles. The number of ether oxygens (including phenoxy) is 1. The van der Waals surface area contributed by atoms with Crippen LogP contribution in [0.5, 0.6) is 5.75 Å². The van der Waals surface area contributed by atoms with Gasteiger partial charge < -0.3 is 15.0 Å². The van der Waals surface area contributed by atoms with Gasteiger partial charge in [0, 0.05) is 12.6 Å². The quantitative estimate of drug-likeness (QED) is 0.526. The fraction of sp³-hybridized carbons (Fsp3) is 0.500. The number of aryl methyl sites for hydroxylation is 1. The molecule has 0 spiro atoms. The summed E-state index contributed by atoms with van der Waals surface area (Å²) in [5, 5.41) is 3.03. The van der Waals surface area contributed by atoms with Gasteiger partial charge >= 0.3 is 0 Å². The molecule has 0 saturated carbocycles. The average Bonchev–Trinajstić information content (AvgIpc) is 2.77. The van der Waals surface area contributed by atoms with Gasteiger partial charge in [-0.05, 0) is 55.4 Å². The summed E-state index contributed by atoms with van der Waals surface area (Å²) in [6, 6.07) is 15.4. The van der Waals surface area contributed by atoms with Crippen LogP contribution in [0.3, 0.4) is 0 Å². The monoisotopic (exact) mass is 452 g/mol. The van der Waals surface area contributed by atoms with E-state index >= 15 is 0 Å². The van der Waals surface area contributed by atoms with Crippen molar-refractivity contribution in [2.75, 3.05) is 6.61 Å². The molecule has 0 saturated heterocycles. The minimum absolute atomic E-state index is 0.0519. The van der Waals surface area contributed by atoms with Crippen LogP contribution in [0.4, 0.5) is 0 Å². The Morgan fingerprint density at radius 1 is 1.03 bits per heavy atom. The van der Waals surface area contributed by atoms with E-state index < -0.39 is 6.04 Å². The Hall–Kier alpha value is -2.82. The number of amides is 2. The lowest BCUT2D eigenvalue weighted by Gasteiger charge is -2.31. The summed E-state index contributed by atoms with van der Waals surface area (Å²) in [7, 11) is 0. The average molecular weight is 453 g/mol. The van der Waals surface area contributed by atoms with Crippen molar-refractivity contribution < 1.29 is 14.3 Å². The van der Waals surface area contributed by atoms with Crippen LogP contribution >= 0.6 is 0 Å². The minimum atomic E-state index is -0.557. The summed E-state index contributed by atoms with van der Waals surface area (Å²) in [6.45, 7) is 14.7. The first kappa shape index (κ1) is 26.4. The van der Waals surface area contributed by atoms with E-state index in [-0.39, 0.29) is 29.9 Å². The van der Waals surface area contributed by atoms with Crippen LogP contribution in [0.1, 0.15) is 71.1 Å². The lowest BCUT2D eigenvalue weighted by molar-refractivity contribution is -0.143. The third kappa shape index (κ3) is 7.92. The molecular weight excluding hydrogens is 412 g/mol. The predicted octanol–water partition coefficient (Wildman–Crippen LogP) is 5.39. The maximum Gasteiger partial charge on any atom is 0.261 e. The van der Waals surface area contributed by atoms with Gasteiger partial charge in [-0.25, -0.2) is 0 Å². The molecule has 2 aromatic rings. The van der Waals surface area contributed by atoms with Gasteiger partial charge in [-0.3, -0.25) is 9.59 Å². The molecule has 2 aromatic carbocycles. The van der Waals surface area contributed by atoms with Crippen molar-refractivity contribution in [3.05, 3.63) is 65.2 Å². The number of carbonyl (C=O) groups is 2. The van der Waals surface area contributed by atoms with Crippen LogP contribution in [0, 0.1) is 6.92 Å². The zero-order chi connectivity index (χ0) is 24.6. The summed E-state index contributed by atoms with van der Waals surface area (Å²) in [5.74, 6) is 0.314. The second-order valence-electron chi connectivity index (χ2n) is 9.82. The number of nitrogens with one attached hydrogen (secondary N) is 1. The predicted molar refractivity (Wildman–Crippen MR) is 134 cm³/mol.